The second-order valence-corrected chi connectivity index (χ2v) is 1.36. The lowest BCUT2D eigenvalue weighted by molar-refractivity contribution is 0.509. The fraction of sp³-hybridized carbons (Fsp3) is 0.556. The van der Waals surface area contributed by atoms with Crippen molar-refractivity contribution in [3.05, 3.63) is 17.8 Å². The maximum Gasteiger partial charge on any atom is 0.223 e. The first-order chi connectivity index (χ1) is 5.83. The van der Waals surface area contributed by atoms with Crippen LogP contribution < -0.4 is 0 Å². The molecule has 0 amide bonds. The molecule has 0 atom stereocenters. The molecular formula is C9H16N2O. The fourth-order valence-electron chi connectivity index (χ4n) is 0.413. The average molecular weight is 168 g/mol. The van der Waals surface area contributed by atoms with Gasteiger partial charge in [0.15, 0.2) is 5.89 Å². The summed E-state index contributed by atoms with van der Waals surface area (Å²) in [5.74, 6) is 0.795. The predicted octanol–water partition coefficient (Wildman–Crippen LogP) is 2.91. The average Bonchev–Trinajstić information content (AvgIpc) is 2.58. The van der Waals surface area contributed by atoms with Crippen LogP contribution in [0.5, 0.6) is 0 Å². The lowest BCUT2D eigenvalue weighted by Crippen LogP contribution is -1.60. The molecule has 12 heavy (non-hydrogen) atoms. The van der Waals surface area contributed by atoms with E-state index in [0.717, 1.165) is 0 Å². The third-order valence-corrected chi connectivity index (χ3v) is 0.731. The number of rotatable bonds is 0. The Morgan fingerprint density at radius 1 is 1.33 bits per heavy atom. The Hall–Kier alpha value is -1.30. The molecule has 1 aromatic rings. The highest BCUT2D eigenvalue weighted by molar-refractivity contribution is 5.11. The summed E-state index contributed by atoms with van der Waals surface area (Å²) < 4.78 is 4.76. The fourth-order valence-corrected chi connectivity index (χ4v) is 0.413. The zero-order valence-corrected chi connectivity index (χ0v) is 8.38. The number of aromatic nitrogens is 1. The van der Waals surface area contributed by atoms with Gasteiger partial charge in [0.1, 0.15) is 6.07 Å². The number of nitriles is 1. The third kappa shape index (κ3) is 5.48. The molecule has 0 bridgehead atoms. The van der Waals surface area contributed by atoms with E-state index in [0.29, 0.717) is 5.89 Å². The van der Waals surface area contributed by atoms with E-state index in [1.165, 1.54) is 6.20 Å². The Kier molecular flexibility index (Phi) is 10.8. The van der Waals surface area contributed by atoms with E-state index in [4.69, 9.17) is 9.68 Å². The van der Waals surface area contributed by atoms with Gasteiger partial charge in [-0.05, 0) is 0 Å². The van der Waals surface area contributed by atoms with Crippen molar-refractivity contribution in [1.29, 1.82) is 5.26 Å². The molecule has 0 aliphatic carbocycles. The van der Waals surface area contributed by atoms with Gasteiger partial charge in [-0.25, -0.2) is 4.98 Å². The highest BCUT2D eigenvalue weighted by Crippen LogP contribution is 1.97. The van der Waals surface area contributed by atoms with E-state index in [1.54, 1.807) is 6.92 Å². The minimum atomic E-state index is 0.266. The van der Waals surface area contributed by atoms with Gasteiger partial charge >= 0.3 is 0 Å². The maximum absolute atomic E-state index is 8.17. The molecule has 0 aromatic carbocycles. The Morgan fingerprint density at radius 3 is 2.00 bits per heavy atom. The second-order valence-electron chi connectivity index (χ2n) is 1.36. The predicted molar refractivity (Wildman–Crippen MR) is 48.7 cm³/mol. The smallest absolute Gasteiger partial charge is 0.223 e. The molecule has 0 radical (unpaired) electrons. The molecule has 0 saturated carbocycles. The standard InChI is InChI=1S/C5H4N2O.2C2H6/c1-4-7-3-5(2-6)8-4;2*1-2/h3H,1H3;2*1-2H3. The number of aryl methyl sites for hydroxylation is 1. The summed E-state index contributed by atoms with van der Waals surface area (Å²) in [4.78, 5) is 3.70. The highest BCUT2D eigenvalue weighted by Gasteiger charge is 1.93. The van der Waals surface area contributed by atoms with Crippen LogP contribution in [0.2, 0.25) is 0 Å². The number of oxazole rings is 1. The van der Waals surface area contributed by atoms with Gasteiger partial charge in [0, 0.05) is 6.92 Å². The molecular weight excluding hydrogens is 152 g/mol. The van der Waals surface area contributed by atoms with Gasteiger partial charge in [0.05, 0.1) is 6.20 Å². The van der Waals surface area contributed by atoms with Crippen molar-refractivity contribution >= 4 is 0 Å². The van der Waals surface area contributed by atoms with Gasteiger partial charge in [-0.1, -0.05) is 27.7 Å². The monoisotopic (exact) mass is 168 g/mol. The van der Waals surface area contributed by atoms with Crippen molar-refractivity contribution in [2.24, 2.45) is 0 Å². The molecule has 68 valence electrons. The van der Waals surface area contributed by atoms with Crippen LogP contribution >= 0.6 is 0 Å². The van der Waals surface area contributed by atoms with Gasteiger partial charge in [-0.2, -0.15) is 5.26 Å². The Labute approximate surface area is 74.0 Å². The van der Waals surface area contributed by atoms with Crippen LogP contribution in [0.1, 0.15) is 39.3 Å². The molecule has 1 aromatic heterocycles. The zero-order chi connectivity index (χ0) is 9.98. The van der Waals surface area contributed by atoms with Gasteiger partial charge in [-0.3, -0.25) is 0 Å². The van der Waals surface area contributed by atoms with Crippen LogP contribution in [-0.4, -0.2) is 4.98 Å². The van der Waals surface area contributed by atoms with Crippen LogP contribution in [0.15, 0.2) is 10.6 Å². The molecule has 0 unspecified atom stereocenters. The molecule has 0 aliphatic heterocycles. The molecule has 3 heteroatoms. The molecule has 0 spiro atoms. The van der Waals surface area contributed by atoms with E-state index in [9.17, 15) is 0 Å². The van der Waals surface area contributed by atoms with Gasteiger partial charge in [0.25, 0.3) is 0 Å². The Balaban J connectivity index is 0. The van der Waals surface area contributed by atoms with E-state index in [-0.39, 0.29) is 5.76 Å². The molecule has 0 N–H and O–H groups in total. The first kappa shape index (κ1) is 13.3. The summed E-state index contributed by atoms with van der Waals surface area (Å²) in [6.45, 7) is 9.70. The minimum absolute atomic E-state index is 0.266. The van der Waals surface area contributed by atoms with Crippen molar-refractivity contribution in [1.82, 2.24) is 4.98 Å². The van der Waals surface area contributed by atoms with Crippen LogP contribution in [0.3, 0.4) is 0 Å². The van der Waals surface area contributed by atoms with Crippen molar-refractivity contribution in [3.63, 3.8) is 0 Å². The van der Waals surface area contributed by atoms with E-state index in [1.807, 2.05) is 33.8 Å². The van der Waals surface area contributed by atoms with Gasteiger partial charge < -0.3 is 4.42 Å². The van der Waals surface area contributed by atoms with Crippen LogP contribution in [0.25, 0.3) is 0 Å². The molecule has 1 rings (SSSR count). The van der Waals surface area contributed by atoms with Crippen molar-refractivity contribution in [2.75, 3.05) is 0 Å². The topological polar surface area (TPSA) is 49.8 Å². The summed E-state index contributed by atoms with van der Waals surface area (Å²) >= 11 is 0. The summed E-state index contributed by atoms with van der Waals surface area (Å²) in [6.07, 6.45) is 1.40. The van der Waals surface area contributed by atoms with Gasteiger partial charge in [0.2, 0.25) is 5.76 Å². The SMILES string of the molecule is CC.CC.Cc1ncc(C#N)o1. The third-order valence-electron chi connectivity index (χ3n) is 0.731. The van der Waals surface area contributed by atoms with Crippen molar-refractivity contribution in [3.8, 4) is 6.07 Å². The van der Waals surface area contributed by atoms with Gasteiger partial charge in [-0.15, -0.1) is 0 Å². The quantitative estimate of drug-likeness (QED) is 0.598. The van der Waals surface area contributed by atoms with Crippen molar-refractivity contribution < 1.29 is 4.42 Å². The largest absolute Gasteiger partial charge is 0.431 e. The van der Waals surface area contributed by atoms with Crippen molar-refractivity contribution in [2.45, 2.75) is 34.6 Å². The molecule has 0 saturated heterocycles. The Morgan fingerprint density at radius 2 is 1.83 bits per heavy atom. The molecule has 3 nitrogen and oxygen atoms in total. The first-order valence-electron chi connectivity index (χ1n) is 4.15. The first-order valence-corrected chi connectivity index (χ1v) is 4.15. The highest BCUT2D eigenvalue weighted by atomic mass is 16.3. The molecule has 1 heterocycles. The number of hydrogen-bond donors (Lipinski definition) is 0. The second kappa shape index (κ2) is 9.70. The molecule has 0 fully saturated rings. The van der Waals surface area contributed by atoms with Crippen LogP contribution in [0, 0.1) is 18.3 Å². The summed E-state index contributed by atoms with van der Waals surface area (Å²) in [5, 5.41) is 8.17. The summed E-state index contributed by atoms with van der Waals surface area (Å²) in [5.41, 5.74) is 0. The number of hydrogen-bond acceptors (Lipinski definition) is 3. The number of nitrogens with zero attached hydrogens (tertiary/aromatic N) is 2. The normalized spacial score (nSPS) is 6.67. The Bertz CT molecular complexity index is 223. The minimum Gasteiger partial charge on any atom is -0.431 e. The molecule has 0 aliphatic rings. The van der Waals surface area contributed by atoms with E-state index in [2.05, 4.69) is 4.98 Å². The summed E-state index contributed by atoms with van der Waals surface area (Å²) in [7, 11) is 0. The lowest BCUT2D eigenvalue weighted by atomic mass is 10.6. The lowest BCUT2D eigenvalue weighted by Gasteiger charge is -1.71. The zero-order valence-electron chi connectivity index (χ0n) is 8.38. The van der Waals surface area contributed by atoms with Crippen LogP contribution in [0.4, 0.5) is 0 Å². The summed E-state index contributed by atoms with van der Waals surface area (Å²) in [6, 6.07) is 1.82. The van der Waals surface area contributed by atoms with E-state index >= 15 is 0 Å². The maximum atomic E-state index is 8.17. The van der Waals surface area contributed by atoms with Crippen LogP contribution in [-0.2, 0) is 0 Å². The van der Waals surface area contributed by atoms with E-state index < -0.39 is 0 Å².